The molecule has 1 N–H and O–H groups in total. The second kappa shape index (κ2) is 10.7. The number of amides is 1. The average molecular weight is 487 g/mol. The van der Waals surface area contributed by atoms with Crippen LogP contribution in [0.3, 0.4) is 0 Å². The first-order valence-corrected chi connectivity index (χ1v) is 12.3. The fourth-order valence-electron chi connectivity index (χ4n) is 4.29. The van der Waals surface area contributed by atoms with Gasteiger partial charge in [0.2, 0.25) is 5.91 Å². The molecule has 0 radical (unpaired) electrons. The molecule has 1 fully saturated rings. The first-order valence-electron chi connectivity index (χ1n) is 11.9. The molecule has 4 aromatic rings. The molecule has 1 aliphatic heterocycles. The van der Waals surface area contributed by atoms with E-state index >= 15 is 0 Å². The van der Waals surface area contributed by atoms with Crippen LogP contribution in [0, 0.1) is 0 Å². The predicted octanol–water partition coefficient (Wildman–Crippen LogP) is 5.56. The Balaban J connectivity index is 1.46. The summed E-state index contributed by atoms with van der Waals surface area (Å²) in [7, 11) is 0. The highest BCUT2D eigenvalue weighted by atomic mass is 35.5. The number of halogens is 1. The maximum absolute atomic E-state index is 12.7. The Morgan fingerprint density at radius 2 is 1.83 bits per heavy atom. The molecule has 1 saturated heterocycles. The van der Waals surface area contributed by atoms with Crippen LogP contribution in [0.25, 0.3) is 17.1 Å². The number of hydrogen-bond acceptors (Lipinski definition) is 5. The lowest BCUT2D eigenvalue weighted by Gasteiger charge is -2.21. The number of rotatable bonds is 6. The van der Waals surface area contributed by atoms with Gasteiger partial charge in [0.05, 0.1) is 11.9 Å². The molecule has 0 bridgehead atoms. The van der Waals surface area contributed by atoms with Gasteiger partial charge in [-0.3, -0.25) is 9.78 Å². The van der Waals surface area contributed by atoms with Crippen LogP contribution in [0.5, 0.6) is 0 Å². The SMILES string of the molecule is O=C(C=Cc1cccnc1)Nc1nn(Cc2ccc(Cl)cc2)c2nc(N3CCCCCC3)ccc12. The summed E-state index contributed by atoms with van der Waals surface area (Å²) in [5, 5.41) is 9.15. The molecule has 8 heteroatoms. The van der Waals surface area contributed by atoms with Crippen molar-refractivity contribution in [1.82, 2.24) is 19.7 Å². The van der Waals surface area contributed by atoms with Gasteiger partial charge in [-0.25, -0.2) is 9.67 Å². The van der Waals surface area contributed by atoms with Crippen molar-refractivity contribution in [3.05, 3.63) is 83.2 Å². The fraction of sp³-hybridized carbons (Fsp3) is 0.259. The zero-order valence-electron chi connectivity index (χ0n) is 19.4. The first-order chi connectivity index (χ1) is 17.2. The molecule has 178 valence electrons. The summed E-state index contributed by atoms with van der Waals surface area (Å²) in [6.45, 7) is 2.53. The number of pyridine rings is 2. The van der Waals surface area contributed by atoms with E-state index in [1.165, 1.54) is 31.8 Å². The Bertz CT molecular complexity index is 1330. The third kappa shape index (κ3) is 5.69. The number of nitrogens with zero attached hydrogens (tertiary/aromatic N) is 5. The number of anilines is 2. The minimum atomic E-state index is -0.261. The van der Waals surface area contributed by atoms with Gasteiger partial charge in [-0.2, -0.15) is 5.10 Å². The van der Waals surface area contributed by atoms with Crippen LogP contribution in [0.1, 0.15) is 36.8 Å². The maximum atomic E-state index is 12.7. The normalized spacial score (nSPS) is 14.4. The van der Waals surface area contributed by atoms with E-state index in [0.717, 1.165) is 41.1 Å². The van der Waals surface area contributed by atoms with Gasteiger partial charge in [-0.1, -0.05) is 42.6 Å². The molecule has 0 saturated carbocycles. The molecule has 1 aromatic carbocycles. The van der Waals surface area contributed by atoms with E-state index in [-0.39, 0.29) is 5.91 Å². The third-order valence-corrected chi connectivity index (χ3v) is 6.36. The molecule has 4 heterocycles. The highest BCUT2D eigenvalue weighted by Gasteiger charge is 2.17. The molecule has 0 aliphatic carbocycles. The third-order valence-electron chi connectivity index (χ3n) is 6.11. The fourth-order valence-corrected chi connectivity index (χ4v) is 4.41. The van der Waals surface area contributed by atoms with Crippen LogP contribution in [-0.2, 0) is 11.3 Å². The second-order valence-corrected chi connectivity index (χ2v) is 9.12. The number of nitrogens with one attached hydrogen (secondary N) is 1. The van der Waals surface area contributed by atoms with Crippen LogP contribution in [0.4, 0.5) is 11.6 Å². The molecular formula is C27H27ClN6O. The summed E-state index contributed by atoms with van der Waals surface area (Å²) < 4.78 is 1.85. The number of aromatic nitrogens is 4. The van der Waals surface area contributed by atoms with Crippen LogP contribution < -0.4 is 10.2 Å². The predicted molar refractivity (Wildman–Crippen MR) is 141 cm³/mol. The van der Waals surface area contributed by atoms with Crippen molar-refractivity contribution < 1.29 is 4.79 Å². The van der Waals surface area contributed by atoms with Crippen molar-refractivity contribution in [3.63, 3.8) is 0 Å². The topological polar surface area (TPSA) is 75.9 Å². The van der Waals surface area contributed by atoms with Gasteiger partial charge in [0, 0.05) is 36.6 Å². The molecule has 5 rings (SSSR count). The van der Waals surface area contributed by atoms with Crippen molar-refractivity contribution in [2.24, 2.45) is 0 Å². The molecule has 0 unspecified atom stereocenters. The van der Waals surface area contributed by atoms with E-state index < -0.39 is 0 Å². The van der Waals surface area contributed by atoms with Crippen molar-refractivity contribution in [2.75, 3.05) is 23.3 Å². The van der Waals surface area contributed by atoms with Crippen molar-refractivity contribution in [2.45, 2.75) is 32.2 Å². The minimum absolute atomic E-state index is 0.261. The summed E-state index contributed by atoms with van der Waals surface area (Å²) in [6.07, 6.45) is 11.5. The van der Waals surface area contributed by atoms with Gasteiger partial charge in [-0.05, 0) is 60.4 Å². The lowest BCUT2D eigenvalue weighted by Crippen LogP contribution is -2.24. The zero-order valence-corrected chi connectivity index (χ0v) is 20.2. The highest BCUT2D eigenvalue weighted by Crippen LogP contribution is 2.27. The first kappa shape index (κ1) is 23.1. The van der Waals surface area contributed by atoms with Gasteiger partial charge >= 0.3 is 0 Å². The standard InChI is InChI=1S/C27H27ClN6O/c28-22-10-7-21(8-11-22)19-34-27-23(12-13-24(30-27)33-16-3-1-2-4-17-33)26(32-34)31-25(35)14-9-20-6-5-15-29-18-20/h5-15,18H,1-4,16-17,19H2,(H,31,32,35). The number of carbonyl (C=O) groups is 1. The summed E-state index contributed by atoms with van der Waals surface area (Å²) in [5.74, 6) is 1.18. The quantitative estimate of drug-likeness (QED) is 0.361. The molecule has 0 spiro atoms. The van der Waals surface area contributed by atoms with Crippen LogP contribution in [0.2, 0.25) is 5.02 Å². The summed E-state index contributed by atoms with van der Waals surface area (Å²) in [4.78, 5) is 24.1. The Morgan fingerprint density at radius 3 is 2.57 bits per heavy atom. The van der Waals surface area contributed by atoms with E-state index in [0.29, 0.717) is 17.4 Å². The Kier molecular flexibility index (Phi) is 7.04. The second-order valence-electron chi connectivity index (χ2n) is 8.68. The number of fused-ring (bicyclic) bond motifs is 1. The van der Waals surface area contributed by atoms with Crippen LogP contribution >= 0.6 is 11.6 Å². The van der Waals surface area contributed by atoms with Crippen LogP contribution in [-0.4, -0.2) is 38.7 Å². The van der Waals surface area contributed by atoms with E-state index in [1.54, 1.807) is 18.5 Å². The average Bonchev–Trinajstić information content (AvgIpc) is 3.03. The molecule has 3 aromatic heterocycles. The lowest BCUT2D eigenvalue weighted by molar-refractivity contribution is -0.111. The van der Waals surface area contributed by atoms with E-state index in [2.05, 4.69) is 15.2 Å². The Morgan fingerprint density at radius 1 is 1.03 bits per heavy atom. The van der Waals surface area contributed by atoms with Gasteiger partial charge in [-0.15, -0.1) is 0 Å². The lowest BCUT2D eigenvalue weighted by atomic mass is 10.2. The van der Waals surface area contributed by atoms with Crippen LogP contribution in [0.15, 0.2) is 67.0 Å². The Hall–Kier alpha value is -3.71. The maximum Gasteiger partial charge on any atom is 0.249 e. The molecule has 7 nitrogen and oxygen atoms in total. The molecular weight excluding hydrogens is 460 g/mol. The van der Waals surface area contributed by atoms with Gasteiger partial charge in [0.1, 0.15) is 5.82 Å². The van der Waals surface area contributed by atoms with Crippen molar-refractivity contribution >= 4 is 46.3 Å². The Labute approximate surface area is 209 Å². The summed E-state index contributed by atoms with van der Waals surface area (Å²) >= 11 is 6.07. The van der Waals surface area contributed by atoms with Gasteiger partial charge in [0.25, 0.3) is 0 Å². The van der Waals surface area contributed by atoms with Crippen molar-refractivity contribution in [1.29, 1.82) is 0 Å². The number of carbonyl (C=O) groups excluding carboxylic acids is 1. The molecule has 1 amide bonds. The number of benzene rings is 1. The van der Waals surface area contributed by atoms with Crippen molar-refractivity contribution in [3.8, 4) is 0 Å². The van der Waals surface area contributed by atoms with E-state index in [9.17, 15) is 4.79 Å². The zero-order chi connectivity index (χ0) is 24.0. The van der Waals surface area contributed by atoms with E-state index in [4.69, 9.17) is 21.7 Å². The molecule has 1 aliphatic rings. The van der Waals surface area contributed by atoms with Gasteiger partial charge in [0.15, 0.2) is 11.5 Å². The smallest absolute Gasteiger partial charge is 0.249 e. The highest BCUT2D eigenvalue weighted by molar-refractivity contribution is 6.30. The monoisotopic (exact) mass is 486 g/mol. The number of hydrogen-bond donors (Lipinski definition) is 1. The van der Waals surface area contributed by atoms with Gasteiger partial charge < -0.3 is 10.2 Å². The van der Waals surface area contributed by atoms with E-state index in [1.807, 2.05) is 53.2 Å². The molecule has 0 atom stereocenters. The summed E-state index contributed by atoms with van der Waals surface area (Å²) in [6, 6.07) is 15.4. The minimum Gasteiger partial charge on any atom is -0.357 e. The largest absolute Gasteiger partial charge is 0.357 e. The summed E-state index contributed by atoms with van der Waals surface area (Å²) in [5.41, 5.74) is 2.65. The molecule has 35 heavy (non-hydrogen) atoms.